The Balaban J connectivity index is 2.89. The highest BCUT2D eigenvalue weighted by atomic mass is 32.2. The van der Waals surface area contributed by atoms with Crippen LogP contribution in [0.3, 0.4) is 0 Å². The van der Waals surface area contributed by atoms with Gasteiger partial charge in [0, 0.05) is 18.6 Å². The third-order valence-electron chi connectivity index (χ3n) is 2.89. The highest BCUT2D eigenvalue weighted by Gasteiger charge is 2.22. The molecule has 0 aliphatic carbocycles. The zero-order chi connectivity index (χ0) is 15.8. The third kappa shape index (κ3) is 2.84. The molecule has 1 N–H and O–H groups in total. The van der Waals surface area contributed by atoms with Gasteiger partial charge in [-0.3, -0.25) is 14.9 Å². The Hall–Kier alpha value is -2.48. The summed E-state index contributed by atoms with van der Waals surface area (Å²) in [6.45, 7) is 1.24. The van der Waals surface area contributed by atoms with E-state index in [2.05, 4.69) is 5.32 Å². The summed E-state index contributed by atoms with van der Waals surface area (Å²) in [5.41, 5.74) is -0.293. The maximum absolute atomic E-state index is 11.8. The van der Waals surface area contributed by atoms with Gasteiger partial charge in [-0.15, -0.1) is 0 Å². The first-order valence-corrected chi connectivity index (χ1v) is 7.78. The van der Waals surface area contributed by atoms with Gasteiger partial charge in [-0.05, 0) is 18.2 Å². The minimum absolute atomic E-state index is 0.0116. The number of carbonyl (C=O) groups excluding carboxylic acids is 1. The number of anilines is 1. The number of benzene rings is 2. The molecule has 0 fully saturated rings. The molecule has 1 amide bonds. The molecule has 0 aliphatic heterocycles. The standard InChI is InChI=1S/C13H12N2O5S/c1-8(16)14-11-7-6-9-10(13(11)15(17)18)4-3-5-12(9)21(2,19)20/h3-7H,1-2H3,(H,14,16). The van der Waals surface area contributed by atoms with Crippen LogP contribution >= 0.6 is 0 Å². The summed E-state index contributed by atoms with van der Waals surface area (Å²) in [6, 6.07) is 7.05. The first kappa shape index (κ1) is 14.9. The van der Waals surface area contributed by atoms with E-state index >= 15 is 0 Å². The van der Waals surface area contributed by atoms with Crippen LogP contribution in [0.4, 0.5) is 11.4 Å². The molecule has 0 heterocycles. The molecular formula is C13H12N2O5S. The average Bonchev–Trinajstić information content (AvgIpc) is 2.35. The molecule has 0 radical (unpaired) electrons. The molecule has 0 aliphatic rings. The van der Waals surface area contributed by atoms with Crippen LogP contribution in [0.2, 0.25) is 0 Å². The molecule has 7 nitrogen and oxygen atoms in total. The highest BCUT2D eigenvalue weighted by molar-refractivity contribution is 7.91. The smallest absolute Gasteiger partial charge is 0.300 e. The molecule has 2 rings (SSSR count). The first-order valence-electron chi connectivity index (χ1n) is 5.89. The van der Waals surface area contributed by atoms with Crippen LogP contribution in [0.5, 0.6) is 0 Å². The van der Waals surface area contributed by atoms with Gasteiger partial charge in [0.2, 0.25) is 5.91 Å². The number of amides is 1. The number of nitro benzene ring substituents is 1. The van der Waals surface area contributed by atoms with Crippen molar-refractivity contribution in [2.75, 3.05) is 11.6 Å². The van der Waals surface area contributed by atoms with E-state index in [-0.39, 0.29) is 27.0 Å². The zero-order valence-corrected chi connectivity index (χ0v) is 12.1. The van der Waals surface area contributed by atoms with Crippen LogP contribution in [0.25, 0.3) is 10.8 Å². The lowest BCUT2D eigenvalue weighted by Crippen LogP contribution is -2.08. The van der Waals surface area contributed by atoms with Crippen LogP contribution in [0, 0.1) is 10.1 Å². The third-order valence-corrected chi connectivity index (χ3v) is 4.04. The van der Waals surface area contributed by atoms with Crippen molar-refractivity contribution in [1.82, 2.24) is 0 Å². The summed E-state index contributed by atoms with van der Waals surface area (Å²) in [6.07, 6.45) is 1.04. The second-order valence-electron chi connectivity index (χ2n) is 4.52. The van der Waals surface area contributed by atoms with E-state index < -0.39 is 20.7 Å². The van der Waals surface area contributed by atoms with E-state index in [4.69, 9.17) is 0 Å². The van der Waals surface area contributed by atoms with Crippen LogP contribution in [-0.2, 0) is 14.6 Å². The second-order valence-corrected chi connectivity index (χ2v) is 6.51. The van der Waals surface area contributed by atoms with Crippen molar-refractivity contribution in [1.29, 1.82) is 0 Å². The first-order chi connectivity index (χ1) is 9.71. The fraction of sp³-hybridized carbons (Fsp3) is 0.154. The van der Waals surface area contributed by atoms with E-state index in [0.29, 0.717) is 0 Å². The largest absolute Gasteiger partial charge is 0.321 e. The summed E-state index contributed by atoms with van der Waals surface area (Å²) >= 11 is 0. The summed E-state index contributed by atoms with van der Waals surface area (Å²) in [5, 5.41) is 14.1. The number of nitrogens with zero attached hydrogens (tertiary/aromatic N) is 1. The number of rotatable bonds is 3. The lowest BCUT2D eigenvalue weighted by Gasteiger charge is -2.09. The lowest BCUT2D eigenvalue weighted by atomic mass is 10.1. The summed E-state index contributed by atoms with van der Waals surface area (Å²) in [5.74, 6) is -0.447. The topological polar surface area (TPSA) is 106 Å². The van der Waals surface area contributed by atoms with Crippen LogP contribution < -0.4 is 5.32 Å². The molecule has 8 heteroatoms. The molecule has 0 saturated heterocycles. The maximum atomic E-state index is 11.8. The predicted octanol–water partition coefficient (Wildman–Crippen LogP) is 2.11. The Labute approximate surface area is 120 Å². The van der Waals surface area contributed by atoms with Crippen LogP contribution in [0.1, 0.15) is 6.92 Å². The van der Waals surface area contributed by atoms with E-state index in [9.17, 15) is 23.3 Å². The Bertz CT molecular complexity index is 858. The molecule has 0 unspecified atom stereocenters. The fourth-order valence-electron chi connectivity index (χ4n) is 2.12. The van der Waals surface area contributed by atoms with Crippen LogP contribution in [0.15, 0.2) is 35.2 Å². The number of nitro groups is 1. The van der Waals surface area contributed by atoms with E-state index in [0.717, 1.165) is 6.26 Å². The zero-order valence-electron chi connectivity index (χ0n) is 11.3. The van der Waals surface area contributed by atoms with Crippen molar-refractivity contribution in [3.8, 4) is 0 Å². The van der Waals surface area contributed by atoms with E-state index in [1.165, 1.54) is 37.3 Å². The van der Waals surface area contributed by atoms with Crippen molar-refractivity contribution in [3.05, 3.63) is 40.4 Å². The average molecular weight is 308 g/mol. The molecule has 110 valence electrons. The SMILES string of the molecule is CC(=O)Nc1ccc2c(S(C)(=O)=O)cccc2c1[N+](=O)[O-]. The highest BCUT2D eigenvalue weighted by Crippen LogP contribution is 2.36. The molecule has 0 saturated carbocycles. The maximum Gasteiger partial charge on any atom is 0.300 e. The minimum atomic E-state index is -3.52. The Morgan fingerprint density at radius 3 is 2.38 bits per heavy atom. The van der Waals surface area contributed by atoms with Crippen molar-refractivity contribution >= 4 is 37.9 Å². The summed E-state index contributed by atoms with van der Waals surface area (Å²) in [7, 11) is -3.52. The van der Waals surface area contributed by atoms with Gasteiger partial charge in [0.25, 0.3) is 0 Å². The molecule has 2 aromatic rings. The van der Waals surface area contributed by atoms with Crippen molar-refractivity contribution in [3.63, 3.8) is 0 Å². The molecule has 21 heavy (non-hydrogen) atoms. The number of sulfone groups is 1. The van der Waals surface area contributed by atoms with Crippen molar-refractivity contribution < 1.29 is 18.1 Å². The number of fused-ring (bicyclic) bond motifs is 1. The van der Waals surface area contributed by atoms with Crippen molar-refractivity contribution in [2.45, 2.75) is 11.8 Å². The summed E-state index contributed by atoms with van der Waals surface area (Å²) < 4.78 is 23.5. The Morgan fingerprint density at radius 2 is 1.86 bits per heavy atom. The fourth-order valence-corrected chi connectivity index (χ4v) is 3.03. The van der Waals surface area contributed by atoms with E-state index in [1.54, 1.807) is 0 Å². The quantitative estimate of drug-likeness (QED) is 0.690. The van der Waals surface area contributed by atoms with Gasteiger partial charge < -0.3 is 5.32 Å². The number of carbonyl (C=O) groups is 1. The normalized spacial score (nSPS) is 11.3. The van der Waals surface area contributed by atoms with E-state index in [1.807, 2.05) is 0 Å². The van der Waals surface area contributed by atoms with Crippen molar-refractivity contribution in [2.24, 2.45) is 0 Å². The monoisotopic (exact) mass is 308 g/mol. The Kier molecular flexibility index (Phi) is 3.65. The molecule has 0 atom stereocenters. The lowest BCUT2D eigenvalue weighted by molar-refractivity contribution is -0.382. The number of nitrogens with one attached hydrogen (secondary N) is 1. The van der Waals surface area contributed by atoms with Crippen LogP contribution in [-0.4, -0.2) is 25.5 Å². The van der Waals surface area contributed by atoms with Gasteiger partial charge in [-0.1, -0.05) is 12.1 Å². The minimum Gasteiger partial charge on any atom is -0.321 e. The van der Waals surface area contributed by atoms with Gasteiger partial charge in [0.15, 0.2) is 9.84 Å². The van der Waals surface area contributed by atoms with Gasteiger partial charge >= 0.3 is 5.69 Å². The van der Waals surface area contributed by atoms with Gasteiger partial charge in [0.1, 0.15) is 5.69 Å². The molecule has 0 spiro atoms. The number of hydrogen-bond acceptors (Lipinski definition) is 5. The Morgan fingerprint density at radius 1 is 1.19 bits per heavy atom. The molecule has 0 bridgehead atoms. The van der Waals surface area contributed by atoms with Gasteiger partial charge in [0.05, 0.1) is 15.2 Å². The molecular weight excluding hydrogens is 296 g/mol. The predicted molar refractivity (Wildman–Crippen MR) is 78.0 cm³/mol. The van der Waals surface area contributed by atoms with Gasteiger partial charge in [-0.2, -0.15) is 0 Å². The number of hydrogen-bond donors (Lipinski definition) is 1. The van der Waals surface area contributed by atoms with Gasteiger partial charge in [-0.25, -0.2) is 8.42 Å². The second kappa shape index (κ2) is 5.13. The summed E-state index contributed by atoms with van der Waals surface area (Å²) in [4.78, 5) is 21.8. The molecule has 2 aromatic carbocycles. The molecule has 0 aromatic heterocycles.